The van der Waals surface area contributed by atoms with Gasteiger partial charge in [-0.25, -0.2) is 0 Å². The molecule has 0 aliphatic carbocycles. The standard InChI is InChI=1S/C23H20S4/c1-16(15-19-8-7-17(2)27-19)23-21(11-14-26-23)20(22-6-4-13-25-22)10-9-18-5-3-12-24-18/h3-5,7-8,11-14,21,23H,1,6,15H2,2H3/b22-20+. The normalized spacial score (nSPS) is 22.7. The summed E-state index contributed by atoms with van der Waals surface area (Å²) >= 11 is 7.29. The molecule has 0 aromatic carbocycles. The molecule has 2 aliphatic heterocycles. The number of hydrogen-bond acceptors (Lipinski definition) is 4. The molecule has 0 fully saturated rings. The molecule has 2 unspecified atom stereocenters. The molecule has 0 N–H and O–H groups in total. The van der Waals surface area contributed by atoms with E-state index in [-0.39, 0.29) is 0 Å². The van der Waals surface area contributed by atoms with Gasteiger partial charge in [0.15, 0.2) is 0 Å². The first-order valence-electron chi connectivity index (χ1n) is 8.86. The van der Waals surface area contributed by atoms with Gasteiger partial charge in [-0.1, -0.05) is 42.2 Å². The zero-order chi connectivity index (χ0) is 18.6. The van der Waals surface area contributed by atoms with Gasteiger partial charge >= 0.3 is 0 Å². The summed E-state index contributed by atoms with van der Waals surface area (Å²) in [5.41, 5.74) is 2.57. The zero-order valence-corrected chi connectivity index (χ0v) is 18.4. The van der Waals surface area contributed by atoms with Gasteiger partial charge in [-0.3, -0.25) is 0 Å². The molecule has 0 radical (unpaired) electrons. The minimum atomic E-state index is 0.318. The van der Waals surface area contributed by atoms with E-state index in [1.807, 2.05) is 34.9 Å². The molecule has 4 heterocycles. The van der Waals surface area contributed by atoms with Crippen molar-refractivity contribution >= 4 is 46.2 Å². The summed E-state index contributed by atoms with van der Waals surface area (Å²) in [5.74, 6) is 7.24. The minimum Gasteiger partial charge on any atom is -0.145 e. The summed E-state index contributed by atoms with van der Waals surface area (Å²) < 4.78 is 0. The molecule has 0 nitrogen and oxygen atoms in total. The highest BCUT2D eigenvalue weighted by Crippen LogP contribution is 2.44. The summed E-state index contributed by atoms with van der Waals surface area (Å²) in [6, 6.07) is 8.59. The fourth-order valence-electron chi connectivity index (χ4n) is 3.23. The Morgan fingerprint density at radius 2 is 2.19 bits per heavy atom. The van der Waals surface area contributed by atoms with Crippen LogP contribution in [0.4, 0.5) is 0 Å². The molecule has 2 atom stereocenters. The first-order valence-corrected chi connectivity index (χ1v) is 12.4. The molecule has 0 amide bonds. The Morgan fingerprint density at radius 1 is 1.26 bits per heavy atom. The number of allylic oxidation sites excluding steroid dienone is 4. The van der Waals surface area contributed by atoms with Crippen LogP contribution in [-0.2, 0) is 6.42 Å². The predicted octanol–water partition coefficient (Wildman–Crippen LogP) is 7.42. The van der Waals surface area contributed by atoms with Crippen LogP contribution < -0.4 is 0 Å². The second kappa shape index (κ2) is 8.75. The van der Waals surface area contributed by atoms with Crippen molar-refractivity contribution in [2.75, 3.05) is 0 Å². The van der Waals surface area contributed by atoms with Crippen molar-refractivity contribution in [1.29, 1.82) is 0 Å². The molecule has 0 bridgehead atoms. The smallest absolute Gasteiger partial charge is 0.0772 e. The van der Waals surface area contributed by atoms with Gasteiger partial charge in [0, 0.05) is 37.8 Å². The van der Waals surface area contributed by atoms with E-state index in [0.29, 0.717) is 11.2 Å². The Bertz CT molecular complexity index is 963. The molecule has 136 valence electrons. The van der Waals surface area contributed by atoms with Gasteiger partial charge in [0.2, 0.25) is 0 Å². The van der Waals surface area contributed by atoms with Gasteiger partial charge in [-0.15, -0.1) is 46.2 Å². The average Bonchev–Trinajstić information content (AvgIpc) is 3.45. The van der Waals surface area contributed by atoms with Crippen molar-refractivity contribution in [3.05, 3.63) is 89.9 Å². The summed E-state index contributed by atoms with van der Waals surface area (Å²) in [7, 11) is 0. The van der Waals surface area contributed by atoms with Gasteiger partial charge in [0.05, 0.1) is 4.88 Å². The van der Waals surface area contributed by atoms with Crippen LogP contribution in [0.5, 0.6) is 0 Å². The third kappa shape index (κ3) is 4.55. The van der Waals surface area contributed by atoms with Gasteiger partial charge in [-0.2, -0.15) is 0 Å². The number of hydrogen-bond donors (Lipinski definition) is 0. The summed E-state index contributed by atoms with van der Waals surface area (Å²) in [5, 5.41) is 6.88. The number of rotatable bonds is 4. The summed E-state index contributed by atoms with van der Waals surface area (Å²) in [4.78, 5) is 5.29. The van der Waals surface area contributed by atoms with Crippen LogP contribution >= 0.6 is 46.2 Å². The fourth-order valence-corrected chi connectivity index (χ4v) is 6.71. The van der Waals surface area contributed by atoms with E-state index in [4.69, 9.17) is 0 Å². The largest absolute Gasteiger partial charge is 0.145 e. The highest BCUT2D eigenvalue weighted by atomic mass is 32.2. The van der Waals surface area contributed by atoms with Gasteiger partial charge in [-0.05, 0) is 47.7 Å². The molecular formula is C23H20S4. The third-order valence-electron chi connectivity index (χ3n) is 4.52. The van der Waals surface area contributed by atoms with Crippen molar-refractivity contribution in [2.45, 2.75) is 25.0 Å². The van der Waals surface area contributed by atoms with Crippen molar-refractivity contribution in [3.8, 4) is 11.8 Å². The van der Waals surface area contributed by atoms with Crippen molar-refractivity contribution < 1.29 is 0 Å². The first-order chi connectivity index (χ1) is 13.2. The number of aryl methyl sites for hydroxylation is 1. The maximum Gasteiger partial charge on any atom is 0.0772 e. The summed E-state index contributed by atoms with van der Waals surface area (Å²) in [6.45, 7) is 6.63. The average molecular weight is 425 g/mol. The third-order valence-corrected chi connectivity index (χ3v) is 8.54. The number of thiophene rings is 2. The molecule has 0 spiro atoms. The lowest BCUT2D eigenvalue weighted by atomic mass is 9.89. The highest BCUT2D eigenvalue weighted by Gasteiger charge is 2.30. The van der Waals surface area contributed by atoms with Gasteiger partial charge in [0.1, 0.15) is 0 Å². The summed E-state index contributed by atoms with van der Waals surface area (Å²) in [6.07, 6.45) is 6.51. The molecule has 2 aromatic rings. The second-order valence-electron chi connectivity index (χ2n) is 6.52. The van der Waals surface area contributed by atoms with Crippen LogP contribution in [0, 0.1) is 24.7 Å². The molecule has 0 saturated carbocycles. The molecule has 4 rings (SSSR count). The van der Waals surface area contributed by atoms with Gasteiger partial charge in [0.25, 0.3) is 0 Å². The zero-order valence-electron chi connectivity index (χ0n) is 15.1. The minimum absolute atomic E-state index is 0.318. The fraction of sp³-hybridized carbons (Fsp3) is 0.217. The predicted molar refractivity (Wildman–Crippen MR) is 125 cm³/mol. The lowest BCUT2D eigenvalue weighted by Gasteiger charge is -2.22. The van der Waals surface area contributed by atoms with Crippen LogP contribution in [0.2, 0.25) is 0 Å². The number of thioether (sulfide) groups is 2. The van der Waals surface area contributed by atoms with Crippen LogP contribution in [0.3, 0.4) is 0 Å². The Balaban J connectivity index is 1.59. The van der Waals surface area contributed by atoms with Gasteiger partial charge < -0.3 is 0 Å². The maximum absolute atomic E-state index is 4.47. The first kappa shape index (κ1) is 19.0. The van der Waals surface area contributed by atoms with Crippen molar-refractivity contribution in [1.82, 2.24) is 0 Å². The SMILES string of the molecule is C=C(Cc1ccc(C)s1)C1SC=CC1/C(C#Cc1cccs1)=C1\CC=CS1. The molecular weight excluding hydrogens is 405 g/mol. The van der Waals surface area contributed by atoms with Crippen LogP contribution in [-0.4, -0.2) is 5.25 Å². The van der Waals surface area contributed by atoms with E-state index >= 15 is 0 Å². The molecule has 27 heavy (non-hydrogen) atoms. The Morgan fingerprint density at radius 3 is 2.89 bits per heavy atom. The topological polar surface area (TPSA) is 0 Å². The van der Waals surface area contributed by atoms with Crippen LogP contribution in [0.1, 0.15) is 21.1 Å². The van der Waals surface area contributed by atoms with E-state index in [0.717, 1.165) is 17.7 Å². The van der Waals surface area contributed by atoms with E-state index in [1.165, 1.54) is 25.8 Å². The molecule has 2 aliphatic rings. The Labute approximate surface area is 178 Å². The Hall–Kier alpha value is -1.38. The van der Waals surface area contributed by atoms with E-state index in [2.05, 4.69) is 78.0 Å². The molecule has 4 heteroatoms. The van der Waals surface area contributed by atoms with Crippen LogP contribution in [0.25, 0.3) is 0 Å². The molecule has 0 saturated heterocycles. The van der Waals surface area contributed by atoms with Crippen LogP contribution in [0.15, 0.2) is 75.2 Å². The maximum atomic E-state index is 4.47. The highest BCUT2D eigenvalue weighted by molar-refractivity contribution is 8.06. The lowest BCUT2D eigenvalue weighted by molar-refractivity contribution is 0.782. The Kier molecular flexibility index (Phi) is 6.14. The lowest BCUT2D eigenvalue weighted by Crippen LogP contribution is -2.18. The second-order valence-corrected chi connectivity index (χ2v) is 10.9. The van der Waals surface area contributed by atoms with E-state index in [9.17, 15) is 0 Å². The van der Waals surface area contributed by atoms with Crippen molar-refractivity contribution in [2.24, 2.45) is 5.92 Å². The molecule has 2 aromatic heterocycles. The van der Waals surface area contributed by atoms with E-state index < -0.39 is 0 Å². The van der Waals surface area contributed by atoms with E-state index in [1.54, 1.807) is 11.3 Å². The quantitative estimate of drug-likeness (QED) is 0.370. The monoisotopic (exact) mass is 424 g/mol. The van der Waals surface area contributed by atoms with Crippen molar-refractivity contribution in [3.63, 3.8) is 0 Å².